The van der Waals surface area contributed by atoms with Gasteiger partial charge in [0.1, 0.15) is 0 Å². The van der Waals surface area contributed by atoms with Crippen LogP contribution in [0.2, 0.25) is 0 Å². The largest absolute Gasteiger partial charge is 0.493 e. The van der Waals surface area contributed by atoms with Crippen molar-refractivity contribution < 1.29 is 19.1 Å². The van der Waals surface area contributed by atoms with Crippen molar-refractivity contribution >= 4 is 17.5 Å². The van der Waals surface area contributed by atoms with Crippen LogP contribution in [0.3, 0.4) is 0 Å². The molecule has 0 aliphatic rings. The Bertz CT molecular complexity index is 1400. The predicted octanol–water partition coefficient (Wildman–Crippen LogP) is 5.34. The lowest BCUT2D eigenvalue weighted by Gasteiger charge is -2.20. The lowest BCUT2D eigenvalue weighted by molar-refractivity contribution is 0.0919. The maximum absolute atomic E-state index is 13.4. The second-order valence-electron chi connectivity index (χ2n) is 9.48. The molecule has 4 aromatic rings. The number of benzene rings is 3. The van der Waals surface area contributed by atoms with Gasteiger partial charge in [-0.2, -0.15) is 5.10 Å². The summed E-state index contributed by atoms with van der Waals surface area (Å²) in [5.41, 5.74) is 3.14. The van der Waals surface area contributed by atoms with Crippen LogP contribution in [0.4, 0.5) is 5.69 Å². The molecule has 8 heteroatoms. The monoisotopic (exact) mass is 498 g/mol. The highest BCUT2D eigenvalue weighted by atomic mass is 16.5. The molecule has 0 bridgehead atoms. The Kier molecular flexibility index (Phi) is 7.29. The van der Waals surface area contributed by atoms with Crippen molar-refractivity contribution in [2.45, 2.75) is 26.3 Å². The van der Waals surface area contributed by atoms with Gasteiger partial charge in [-0.1, -0.05) is 24.3 Å². The zero-order valence-electron chi connectivity index (χ0n) is 21.5. The lowest BCUT2D eigenvalue weighted by atomic mass is 10.0. The summed E-state index contributed by atoms with van der Waals surface area (Å²) in [6.45, 7) is 5.76. The first-order chi connectivity index (χ1) is 17.7. The standard InChI is InChI=1S/C29H30N4O4/c1-29(2,3)31-27(34)19-11-14-21(15-12-19)30-28(35)26-23(18-33(32-26)22-9-7-6-8-10-22)20-13-16-24(36-4)25(17-20)37-5/h6-18H,1-5H3,(H,30,35)(H,31,34). The molecule has 0 fully saturated rings. The van der Waals surface area contributed by atoms with E-state index in [1.807, 2.05) is 69.4 Å². The van der Waals surface area contributed by atoms with E-state index in [-0.39, 0.29) is 23.0 Å². The highest BCUT2D eigenvalue weighted by Crippen LogP contribution is 2.34. The van der Waals surface area contributed by atoms with Gasteiger partial charge in [-0.3, -0.25) is 9.59 Å². The molecule has 0 saturated carbocycles. The number of aromatic nitrogens is 2. The Hall–Kier alpha value is -4.59. The SMILES string of the molecule is COc1ccc(-c2cn(-c3ccccc3)nc2C(=O)Nc2ccc(C(=O)NC(C)(C)C)cc2)cc1OC. The molecule has 37 heavy (non-hydrogen) atoms. The zero-order valence-corrected chi connectivity index (χ0v) is 21.5. The van der Waals surface area contributed by atoms with Crippen molar-refractivity contribution in [1.82, 2.24) is 15.1 Å². The van der Waals surface area contributed by atoms with E-state index in [4.69, 9.17) is 9.47 Å². The van der Waals surface area contributed by atoms with E-state index >= 15 is 0 Å². The summed E-state index contributed by atoms with van der Waals surface area (Å²) in [5, 5.41) is 10.4. The van der Waals surface area contributed by atoms with Crippen LogP contribution in [0.15, 0.2) is 79.0 Å². The van der Waals surface area contributed by atoms with Gasteiger partial charge in [-0.15, -0.1) is 0 Å². The molecule has 1 aromatic heterocycles. The molecule has 4 rings (SSSR count). The van der Waals surface area contributed by atoms with E-state index in [2.05, 4.69) is 15.7 Å². The van der Waals surface area contributed by atoms with Crippen molar-refractivity contribution in [1.29, 1.82) is 0 Å². The molecule has 2 N–H and O–H groups in total. The van der Waals surface area contributed by atoms with Crippen LogP contribution in [0, 0.1) is 0 Å². The summed E-state index contributed by atoms with van der Waals surface area (Å²) >= 11 is 0. The van der Waals surface area contributed by atoms with Gasteiger partial charge in [-0.25, -0.2) is 4.68 Å². The van der Waals surface area contributed by atoms with Gasteiger partial charge in [0.25, 0.3) is 11.8 Å². The molecule has 2 amide bonds. The third-order valence-corrected chi connectivity index (χ3v) is 5.54. The summed E-state index contributed by atoms with van der Waals surface area (Å²) in [6.07, 6.45) is 1.81. The van der Waals surface area contributed by atoms with Gasteiger partial charge in [0.05, 0.1) is 19.9 Å². The van der Waals surface area contributed by atoms with Crippen LogP contribution in [0.5, 0.6) is 11.5 Å². The van der Waals surface area contributed by atoms with Crippen LogP contribution in [-0.2, 0) is 0 Å². The van der Waals surface area contributed by atoms with Crippen molar-refractivity contribution in [2.75, 3.05) is 19.5 Å². The van der Waals surface area contributed by atoms with E-state index < -0.39 is 0 Å². The number of nitrogens with one attached hydrogen (secondary N) is 2. The molecule has 1 heterocycles. The number of carbonyl (C=O) groups excluding carboxylic acids is 2. The summed E-state index contributed by atoms with van der Waals surface area (Å²) in [5.74, 6) is 0.570. The zero-order chi connectivity index (χ0) is 26.6. The Balaban J connectivity index is 1.66. The van der Waals surface area contributed by atoms with Gasteiger partial charge in [0, 0.05) is 28.6 Å². The number of ether oxygens (including phenoxy) is 2. The predicted molar refractivity (Wildman–Crippen MR) is 144 cm³/mol. The van der Waals surface area contributed by atoms with E-state index in [9.17, 15) is 9.59 Å². The van der Waals surface area contributed by atoms with E-state index in [0.717, 1.165) is 11.3 Å². The van der Waals surface area contributed by atoms with Crippen LogP contribution in [0.1, 0.15) is 41.6 Å². The van der Waals surface area contributed by atoms with Crippen LogP contribution in [-0.4, -0.2) is 41.4 Å². The Morgan fingerprint density at radius 2 is 1.51 bits per heavy atom. The fourth-order valence-corrected chi connectivity index (χ4v) is 3.78. The summed E-state index contributed by atoms with van der Waals surface area (Å²) in [6, 6.07) is 21.7. The summed E-state index contributed by atoms with van der Waals surface area (Å²) < 4.78 is 12.5. The van der Waals surface area contributed by atoms with Gasteiger partial charge < -0.3 is 20.1 Å². The first-order valence-electron chi connectivity index (χ1n) is 11.8. The normalized spacial score (nSPS) is 11.1. The van der Waals surface area contributed by atoms with Crippen molar-refractivity contribution in [3.8, 4) is 28.3 Å². The third-order valence-electron chi connectivity index (χ3n) is 5.54. The van der Waals surface area contributed by atoms with Crippen LogP contribution in [0.25, 0.3) is 16.8 Å². The Morgan fingerprint density at radius 3 is 2.14 bits per heavy atom. The molecular formula is C29H30N4O4. The number of nitrogens with zero attached hydrogens (tertiary/aromatic N) is 2. The number of methoxy groups -OCH3 is 2. The topological polar surface area (TPSA) is 94.5 Å². The second kappa shape index (κ2) is 10.6. The van der Waals surface area contributed by atoms with Crippen molar-refractivity contribution in [3.63, 3.8) is 0 Å². The minimum atomic E-state index is -0.383. The number of hydrogen-bond acceptors (Lipinski definition) is 5. The first kappa shape index (κ1) is 25.5. The van der Waals surface area contributed by atoms with Gasteiger partial charge in [0.2, 0.25) is 0 Å². The molecular weight excluding hydrogens is 468 g/mol. The molecule has 0 saturated heterocycles. The number of carbonyl (C=O) groups is 2. The van der Waals surface area contributed by atoms with Crippen LogP contribution < -0.4 is 20.1 Å². The Morgan fingerprint density at radius 1 is 0.838 bits per heavy atom. The average molecular weight is 499 g/mol. The number of rotatable bonds is 7. The number of amides is 2. The molecule has 0 aliphatic carbocycles. The van der Waals surface area contributed by atoms with Crippen molar-refractivity contribution in [3.05, 3.63) is 90.3 Å². The number of anilines is 1. The highest BCUT2D eigenvalue weighted by Gasteiger charge is 2.21. The molecule has 0 spiro atoms. The minimum Gasteiger partial charge on any atom is -0.493 e. The minimum absolute atomic E-state index is 0.178. The Labute approximate surface area is 216 Å². The maximum Gasteiger partial charge on any atom is 0.276 e. The lowest BCUT2D eigenvalue weighted by Crippen LogP contribution is -2.40. The molecule has 0 unspecified atom stereocenters. The fourth-order valence-electron chi connectivity index (χ4n) is 3.78. The fraction of sp³-hybridized carbons (Fsp3) is 0.207. The highest BCUT2D eigenvalue weighted by molar-refractivity contribution is 6.07. The van der Waals surface area contributed by atoms with E-state index in [0.29, 0.717) is 28.3 Å². The third kappa shape index (κ3) is 5.98. The van der Waals surface area contributed by atoms with Gasteiger partial charge in [0.15, 0.2) is 17.2 Å². The van der Waals surface area contributed by atoms with E-state index in [1.54, 1.807) is 49.2 Å². The number of hydrogen-bond donors (Lipinski definition) is 2. The molecule has 0 atom stereocenters. The van der Waals surface area contributed by atoms with E-state index in [1.165, 1.54) is 0 Å². The molecule has 3 aromatic carbocycles. The molecule has 0 aliphatic heterocycles. The molecule has 8 nitrogen and oxygen atoms in total. The second-order valence-corrected chi connectivity index (χ2v) is 9.48. The average Bonchev–Trinajstić information content (AvgIpc) is 3.34. The summed E-state index contributed by atoms with van der Waals surface area (Å²) in [7, 11) is 3.13. The molecule has 0 radical (unpaired) electrons. The molecule has 190 valence electrons. The van der Waals surface area contributed by atoms with Crippen molar-refractivity contribution in [2.24, 2.45) is 0 Å². The van der Waals surface area contributed by atoms with Crippen LogP contribution >= 0.6 is 0 Å². The van der Waals surface area contributed by atoms with Gasteiger partial charge in [-0.05, 0) is 74.9 Å². The smallest absolute Gasteiger partial charge is 0.276 e. The summed E-state index contributed by atoms with van der Waals surface area (Å²) in [4.78, 5) is 25.8. The quantitative estimate of drug-likeness (QED) is 0.359. The number of para-hydroxylation sites is 1. The van der Waals surface area contributed by atoms with Gasteiger partial charge >= 0.3 is 0 Å². The maximum atomic E-state index is 13.4. The first-order valence-corrected chi connectivity index (χ1v) is 11.8.